The Hall–Kier alpha value is -1.58. The minimum Gasteiger partial charge on any atom is -0.385 e. The summed E-state index contributed by atoms with van der Waals surface area (Å²) in [5.41, 5.74) is 1.78. The molecule has 0 unspecified atom stereocenters. The zero-order valence-corrected chi connectivity index (χ0v) is 8.41. The molecule has 1 rings (SSSR count). The third-order valence-electron chi connectivity index (χ3n) is 2.04. The van der Waals surface area contributed by atoms with Crippen LogP contribution in [0.5, 0.6) is 0 Å². The largest absolute Gasteiger partial charge is 0.385 e. The van der Waals surface area contributed by atoms with Gasteiger partial charge in [-0.25, -0.2) is 0 Å². The molecule has 0 aromatic heterocycles. The molecule has 14 heavy (non-hydrogen) atoms. The van der Waals surface area contributed by atoms with Crippen LogP contribution in [0.4, 0.5) is 11.4 Å². The fourth-order valence-corrected chi connectivity index (χ4v) is 1.35. The lowest BCUT2D eigenvalue weighted by Gasteiger charge is -2.05. The van der Waals surface area contributed by atoms with E-state index in [0.29, 0.717) is 6.42 Å². The number of nitrogens with zero attached hydrogens (tertiary/aromatic N) is 1. The second-order valence-corrected chi connectivity index (χ2v) is 2.98. The molecule has 0 bridgehead atoms. The smallest absolute Gasteiger partial charge is 0.274 e. The molecule has 0 aliphatic rings. The fourth-order valence-electron chi connectivity index (χ4n) is 1.35. The molecule has 0 aliphatic carbocycles. The van der Waals surface area contributed by atoms with E-state index in [1.54, 1.807) is 12.1 Å². The van der Waals surface area contributed by atoms with Crippen molar-refractivity contribution in [2.24, 2.45) is 0 Å². The van der Waals surface area contributed by atoms with E-state index in [4.69, 9.17) is 0 Å². The van der Waals surface area contributed by atoms with E-state index in [9.17, 15) is 10.1 Å². The van der Waals surface area contributed by atoms with Crippen molar-refractivity contribution in [2.45, 2.75) is 20.3 Å². The van der Waals surface area contributed by atoms with Crippen LogP contribution in [0.2, 0.25) is 0 Å². The number of nitrogens with one attached hydrogen (secondary N) is 1. The normalized spacial score (nSPS) is 9.86. The van der Waals surface area contributed by atoms with E-state index in [1.807, 2.05) is 19.9 Å². The van der Waals surface area contributed by atoms with Crippen molar-refractivity contribution in [3.8, 4) is 0 Å². The van der Waals surface area contributed by atoms with Crippen LogP contribution in [0.15, 0.2) is 18.2 Å². The highest BCUT2D eigenvalue weighted by atomic mass is 16.6. The average Bonchev–Trinajstić information content (AvgIpc) is 2.18. The zero-order chi connectivity index (χ0) is 10.6. The molecule has 0 amide bonds. The number of rotatable bonds is 4. The van der Waals surface area contributed by atoms with Gasteiger partial charge in [0.25, 0.3) is 5.69 Å². The summed E-state index contributed by atoms with van der Waals surface area (Å²) in [6.07, 6.45) is 0.683. The molecule has 0 saturated carbocycles. The third-order valence-corrected chi connectivity index (χ3v) is 2.04. The lowest BCUT2D eigenvalue weighted by Crippen LogP contribution is -1.99. The molecule has 1 aromatic rings. The lowest BCUT2D eigenvalue weighted by molar-refractivity contribution is -0.385. The number of hydrogen-bond donors (Lipinski definition) is 1. The Morgan fingerprint density at radius 1 is 1.43 bits per heavy atom. The number of hydrogen-bond acceptors (Lipinski definition) is 3. The van der Waals surface area contributed by atoms with Crippen LogP contribution >= 0.6 is 0 Å². The molecule has 76 valence electrons. The molecule has 1 aromatic carbocycles. The summed E-state index contributed by atoms with van der Waals surface area (Å²) in [5.74, 6) is 0. The standard InChI is InChI=1S/C10H14N2O2/c1-3-8-5-6-9(11-4-2)7-10(8)12(13)14/h5-7,11H,3-4H2,1-2H3. The van der Waals surface area contributed by atoms with Crippen LogP contribution in [0.3, 0.4) is 0 Å². The first kappa shape index (κ1) is 10.5. The van der Waals surface area contributed by atoms with Crippen LogP contribution in [0, 0.1) is 10.1 Å². The molecule has 0 spiro atoms. The SMILES string of the molecule is CCNc1ccc(CC)c([N+](=O)[O-])c1. The van der Waals surface area contributed by atoms with Crippen LogP contribution < -0.4 is 5.32 Å². The van der Waals surface area contributed by atoms with Gasteiger partial charge in [0.2, 0.25) is 0 Å². The maximum Gasteiger partial charge on any atom is 0.274 e. The average molecular weight is 194 g/mol. The van der Waals surface area contributed by atoms with Crippen LogP contribution in [-0.4, -0.2) is 11.5 Å². The maximum absolute atomic E-state index is 10.7. The van der Waals surface area contributed by atoms with Crippen molar-refractivity contribution in [1.82, 2.24) is 0 Å². The zero-order valence-electron chi connectivity index (χ0n) is 8.41. The van der Waals surface area contributed by atoms with Gasteiger partial charge < -0.3 is 5.32 Å². The van der Waals surface area contributed by atoms with E-state index in [0.717, 1.165) is 17.8 Å². The molecule has 0 fully saturated rings. The maximum atomic E-state index is 10.7. The van der Waals surface area contributed by atoms with E-state index in [2.05, 4.69) is 5.32 Å². The molecule has 1 N–H and O–H groups in total. The van der Waals surface area contributed by atoms with Gasteiger partial charge in [0.05, 0.1) is 4.92 Å². The van der Waals surface area contributed by atoms with E-state index < -0.39 is 0 Å². The quantitative estimate of drug-likeness (QED) is 0.592. The second kappa shape index (κ2) is 4.60. The van der Waals surface area contributed by atoms with Gasteiger partial charge in [-0.1, -0.05) is 13.0 Å². The molecule has 0 atom stereocenters. The van der Waals surface area contributed by atoms with Gasteiger partial charge in [-0.2, -0.15) is 0 Å². The molecule has 0 aliphatic heterocycles. The predicted octanol–water partition coefficient (Wildman–Crippen LogP) is 2.59. The number of nitro benzene ring substituents is 1. The first-order valence-electron chi connectivity index (χ1n) is 4.70. The molecule has 4 nitrogen and oxygen atoms in total. The topological polar surface area (TPSA) is 55.2 Å². The van der Waals surface area contributed by atoms with Gasteiger partial charge in [0, 0.05) is 23.9 Å². The summed E-state index contributed by atoms with van der Waals surface area (Å²) >= 11 is 0. The Labute approximate surface area is 83.1 Å². The lowest BCUT2D eigenvalue weighted by atomic mass is 10.1. The van der Waals surface area contributed by atoms with Gasteiger partial charge in [-0.15, -0.1) is 0 Å². The minimum absolute atomic E-state index is 0.200. The highest BCUT2D eigenvalue weighted by Crippen LogP contribution is 2.23. The summed E-state index contributed by atoms with van der Waals surface area (Å²) in [6, 6.07) is 5.26. The van der Waals surface area contributed by atoms with Gasteiger partial charge in [0.15, 0.2) is 0 Å². The highest BCUT2D eigenvalue weighted by Gasteiger charge is 2.12. The first-order valence-corrected chi connectivity index (χ1v) is 4.70. The third kappa shape index (κ3) is 2.22. The summed E-state index contributed by atoms with van der Waals surface area (Å²) in [6.45, 7) is 4.64. The van der Waals surface area contributed by atoms with Crippen molar-refractivity contribution in [2.75, 3.05) is 11.9 Å². The highest BCUT2D eigenvalue weighted by molar-refractivity contribution is 5.55. The van der Waals surface area contributed by atoms with Gasteiger partial charge in [0.1, 0.15) is 0 Å². The van der Waals surface area contributed by atoms with E-state index in [1.165, 1.54) is 0 Å². The number of anilines is 1. The Morgan fingerprint density at radius 2 is 2.14 bits per heavy atom. The van der Waals surface area contributed by atoms with Crippen LogP contribution in [0.1, 0.15) is 19.4 Å². The van der Waals surface area contributed by atoms with E-state index in [-0.39, 0.29) is 10.6 Å². The second-order valence-electron chi connectivity index (χ2n) is 2.98. The van der Waals surface area contributed by atoms with Gasteiger partial charge in [-0.3, -0.25) is 10.1 Å². The Bertz CT molecular complexity index is 337. The summed E-state index contributed by atoms with van der Waals surface area (Å²) < 4.78 is 0. The Morgan fingerprint density at radius 3 is 2.64 bits per heavy atom. The Balaban J connectivity index is 3.07. The Kier molecular flexibility index (Phi) is 3.45. The fraction of sp³-hybridized carbons (Fsp3) is 0.400. The monoisotopic (exact) mass is 194 g/mol. The predicted molar refractivity (Wildman–Crippen MR) is 56.6 cm³/mol. The van der Waals surface area contributed by atoms with Crippen molar-refractivity contribution < 1.29 is 4.92 Å². The van der Waals surface area contributed by atoms with Gasteiger partial charge >= 0.3 is 0 Å². The molecular formula is C10H14N2O2. The number of aryl methyl sites for hydroxylation is 1. The van der Waals surface area contributed by atoms with Crippen molar-refractivity contribution in [1.29, 1.82) is 0 Å². The number of benzene rings is 1. The van der Waals surface area contributed by atoms with Gasteiger partial charge in [-0.05, 0) is 19.4 Å². The van der Waals surface area contributed by atoms with Crippen LogP contribution in [-0.2, 0) is 6.42 Å². The summed E-state index contributed by atoms with van der Waals surface area (Å²) in [4.78, 5) is 10.4. The minimum atomic E-state index is -0.334. The summed E-state index contributed by atoms with van der Waals surface area (Å²) in [7, 11) is 0. The molecule has 4 heteroatoms. The molecule has 0 saturated heterocycles. The van der Waals surface area contributed by atoms with E-state index >= 15 is 0 Å². The molecule has 0 radical (unpaired) electrons. The number of nitro groups is 1. The van der Waals surface area contributed by atoms with Crippen LogP contribution in [0.25, 0.3) is 0 Å². The molecule has 0 heterocycles. The molecular weight excluding hydrogens is 180 g/mol. The summed E-state index contributed by atoms with van der Waals surface area (Å²) in [5, 5.41) is 13.8. The van der Waals surface area contributed by atoms with Crippen molar-refractivity contribution in [3.63, 3.8) is 0 Å². The van der Waals surface area contributed by atoms with Crippen molar-refractivity contribution in [3.05, 3.63) is 33.9 Å². The first-order chi connectivity index (χ1) is 6.69. The van der Waals surface area contributed by atoms with Crippen molar-refractivity contribution >= 4 is 11.4 Å².